The Bertz CT molecular complexity index is 1090. The van der Waals surface area contributed by atoms with Gasteiger partial charge >= 0.3 is 6.01 Å². The number of aromatic nitrogens is 2. The van der Waals surface area contributed by atoms with E-state index in [-0.39, 0.29) is 11.8 Å². The van der Waals surface area contributed by atoms with Gasteiger partial charge in [0.2, 0.25) is 11.7 Å². The van der Waals surface area contributed by atoms with Crippen LogP contribution in [0.1, 0.15) is 18.4 Å². The number of hydrogen-bond acceptors (Lipinski definition) is 7. The van der Waals surface area contributed by atoms with Gasteiger partial charge in [0.1, 0.15) is 13.2 Å². The van der Waals surface area contributed by atoms with Gasteiger partial charge in [0.05, 0.1) is 0 Å². The van der Waals surface area contributed by atoms with Crippen molar-refractivity contribution in [3.05, 3.63) is 48.0 Å². The number of rotatable bonds is 4. The van der Waals surface area contributed by atoms with Crippen molar-refractivity contribution in [1.82, 2.24) is 10.1 Å². The minimum Gasteiger partial charge on any atom is -0.486 e. The Labute approximate surface area is 180 Å². The molecule has 0 aliphatic carbocycles. The number of hydrogen-bond donors (Lipinski definition) is 1. The molecular formula is C23H24N4O4. The van der Waals surface area contributed by atoms with Crippen molar-refractivity contribution in [2.75, 3.05) is 36.5 Å². The maximum absolute atomic E-state index is 12.8. The van der Waals surface area contributed by atoms with Crippen LogP contribution in [0, 0.1) is 12.8 Å². The molecule has 1 saturated heterocycles. The van der Waals surface area contributed by atoms with Crippen LogP contribution in [-0.2, 0) is 4.79 Å². The van der Waals surface area contributed by atoms with Crippen molar-refractivity contribution in [2.45, 2.75) is 19.8 Å². The molecule has 31 heavy (non-hydrogen) atoms. The van der Waals surface area contributed by atoms with E-state index < -0.39 is 0 Å². The number of anilines is 2. The zero-order chi connectivity index (χ0) is 21.2. The topological polar surface area (TPSA) is 89.7 Å². The van der Waals surface area contributed by atoms with Gasteiger partial charge in [0.15, 0.2) is 11.5 Å². The standard InChI is InChI=1S/C23H24N4O4/c1-15-4-2-3-5-18(15)21-25-23(31-26-21)27-10-8-16(9-11-27)22(28)24-17-6-7-19-20(14-17)30-13-12-29-19/h2-7,14,16H,8-13H2,1H3,(H,24,28). The van der Waals surface area contributed by atoms with E-state index in [1.54, 1.807) is 0 Å². The minimum absolute atomic E-state index is 0.0162. The first-order valence-corrected chi connectivity index (χ1v) is 10.5. The summed E-state index contributed by atoms with van der Waals surface area (Å²) in [6, 6.07) is 13.9. The minimum atomic E-state index is -0.0665. The lowest BCUT2D eigenvalue weighted by Crippen LogP contribution is -2.38. The van der Waals surface area contributed by atoms with Gasteiger partial charge < -0.3 is 24.2 Å². The molecular weight excluding hydrogens is 396 g/mol. The van der Waals surface area contributed by atoms with Crippen LogP contribution in [0.5, 0.6) is 11.5 Å². The third-order valence-corrected chi connectivity index (χ3v) is 5.75. The van der Waals surface area contributed by atoms with Gasteiger partial charge in [-0.3, -0.25) is 4.79 Å². The number of carbonyl (C=O) groups is 1. The Morgan fingerprint density at radius 3 is 2.65 bits per heavy atom. The molecule has 0 saturated carbocycles. The number of carbonyl (C=O) groups excluding carboxylic acids is 1. The van der Waals surface area contributed by atoms with Crippen LogP contribution < -0.4 is 19.7 Å². The summed E-state index contributed by atoms with van der Waals surface area (Å²) in [7, 11) is 0. The molecule has 0 spiro atoms. The van der Waals surface area contributed by atoms with Gasteiger partial charge in [-0.05, 0) is 37.5 Å². The lowest BCUT2D eigenvalue weighted by molar-refractivity contribution is -0.120. The van der Waals surface area contributed by atoms with E-state index in [1.165, 1.54) is 0 Å². The normalized spacial score (nSPS) is 16.2. The Balaban J connectivity index is 1.19. The molecule has 8 heteroatoms. The molecule has 3 heterocycles. The molecule has 2 aliphatic heterocycles. The lowest BCUT2D eigenvalue weighted by Gasteiger charge is -2.29. The third-order valence-electron chi connectivity index (χ3n) is 5.75. The highest BCUT2D eigenvalue weighted by Crippen LogP contribution is 2.33. The first kappa shape index (κ1) is 19.4. The molecule has 1 amide bonds. The maximum atomic E-state index is 12.8. The van der Waals surface area contributed by atoms with Crippen molar-refractivity contribution in [2.24, 2.45) is 5.92 Å². The number of nitrogens with zero attached hydrogens (tertiary/aromatic N) is 3. The van der Waals surface area contributed by atoms with E-state index in [0.29, 0.717) is 49.6 Å². The summed E-state index contributed by atoms with van der Waals surface area (Å²) in [4.78, 5) is 19.4. The highest BCUT2D eigenvalue weighted by molar-refractivity contribution is 5.93. The molecule has 1 fully saturated rings. The second kappa shape index (κ2) is 8.29. The number of ether oxygens (including phenoxy) is 2. The summed E-state index contributed by atoms with van der Waals surface area (Å²) < 4.78 is 16.6. The van der Waals surface area contributed by atoms with E-state index in [4.69, 9.17) is 14.0 Å². The van der Waals surface area contributed by atoms with Gasteiger partial charge in [-0.2, -0.15) is 4.98 Å². The first-order chi connectivity index (χ1) is 15.2. The summed E-state index contributed by atoms with van der Waals surface area (Å²) in [6.07, 6.45) is 1.44. The molecule has 1 aromatic heterocycles. The third kappa shape index (κ3) is 4.05. The molecule has 2 aliphatic rings. The van der Waals surface area contributed by atoms with Crippen molar-refractivity contribution in [3.8, 4) is 22.9 Å². The van der Waals surface area contributed by atoms with Crippen LogP contribution in [0.2, 0.25) is 0 Å². The fourth-order valence-electron chi connectivity index (χ4n) is 3.98. The number of fused-ring (bicyclic) bond motifs is 1. The number of aryl methyl sites for hydroxylation is 1. The van der Waals surface area contributed by atoms with Gasteiger partial charge in [0, 0.05) is 36.3 Å². The highest BCUT2D eigenvalue weighted by Gasteiger charge is 2.28. The van der Waals surface area contributed by atoms with Crippen LogP contribution in [0.3, 0.4) is 0 Å². The second-order valence-corrected chi connectivity index (χ2v) is 7.82. The molecule has 160 valence electrons. The van der Waals surface area contributed by atoms with Gasteiger partial charge in [-0.25, -0.2) is 0 Å². The predicted molar refractivity (Wildman–Crippen MR) is 115 cm³/mol. The average molecular weight is 420 g/mol. The Kier molecular flexibility index (Phi) is 5.19. The van der Waals surface area contributed by atoms with Crippen molar-refractivity contribution >= 4 is 17.6 Å². The predicted octanol–water partition coefficient (Wildman–Crippen LogP) is 3.67. The van der Waals surface area contributed by atoms with Crippen LogP contribution in [0.15, 0.2) is 47.0 Å². The van der Waals surface area contributed by atoms with Gasteiger partial charge in [-0.1, -0.05) is 29.4 Å². The highest BCUT2D eigenvalue weighted by atomic mass is 16.6. The average Bonchev–Trinajstić information content (AvgIpc) is 3.29. The molecule has 5 rings (SSSR count). The zero-order valence-corrected chi connectivity index (χ0v) is 17.3. The Hall–Kier alpha value is -3.55. The van der Waals surface area contributed by atoms with Gasteiger partial charge in [0.25, 0.3) is 0 Å². The SMILES string of the molecule is Cc1ccccc1-c1noc(N2CCC(C(=O)Nc3ccc4c(c3)OCCO4)CC2)n1. The molecule has 1 N–H and O–H groups in total. The second-order valence-electron chi connectivity index (χ2n) is 7.82. The molecule has 0 unspecified atom stereocenters. The fraction of sp³-hybridized carbons (Fsp3) is 0.348. The molecule has 0 atom stereocenters. The molecule has 0 radical (unpaired) electrons. The lowest BCUT2D eigenvalue weighted by atomic mass is 9.96. The molecule has 8 nitrogen and oxygen atoms in total. The van der Waals surface area contributed by atoms with Crippen LogP contribution in [0.4, 0.5) is 11.7 Å². The number of benzene rings is 2. The van der Waals surface area contributed by atoms with E-state index in [0.717, 1.165) is 29.7 Å². The van der Waals surface area contributed by atoms with E-state index >= 15 is 0 Å². The summed E-state index contributed by atoms with van der Waals surface area (Å²) in [6.45, 7) is 4.47. The fourth-order valence-corrected chi connectivity index (χ4v) is 3.98. The quantitative estimate of drug-likeness (QED) is 0.689. The zero-order valence-electron chi connectivity index (χ0n) is 17.3. The van der Waals surface area contributed by atoms with Crippen molar-refractivity contribution in [1.29, 1.82) is 0 Å². The largest absolute Gasteiger partial charge is 0.486 e. The molecule has 0 bridgehead atoms. The van der Waals surface area contributed by atoms with Crippen molar-refractivity contribution < 1.29 is 18.8 Å². The summed E-state index contributed by atoms with van der Waals surface area (Å²) in [5.74, 6) is 1.92. The van der Waals surface area contributed by atoms with E-state index in [2.05, 4.69) is 15.5 Å². The summed E-state index contributed by atoms with van der Waals surface area (Å²) in [5, 5.41) is 7.14. The molecule has 3 aromatic rings. The maximum Gasteiger partial charge on any atom is 0.324 e. The van der Waals surface area contributed by atoms with E-state index in [1.807, 2.05) is 54.3 Å². The summed E-state index contributed by atoms with van der Waals surface area (Å²) in [5.41, 5.74) is 2.78. The number of nitrogens with one attached hydrogen (secondary N) is 1. The number of amides is 1. The van der Waals surface area contributed by atoms with Crippen molar-refractivity contribution in [3.63, 3.8) is 0 Å². The van der Waals surface area contributed by atoms with Crippen LogP contribution >= 0.6 is 0 Å². The van der Waals surface area contributed by atoms with Gasteiger partial charge in [-0.15, -0.1) is 0 Å². The molecule has 2 aromatic carbocycles. The van der Waals surface area contributed by atoms with Crippen LogP contribution in [-0.4, -0.2) is 42.4 Å². The van der Waals surface area contributed by atoms with Crippen LogP contribution in [0.25, 0.3) is 11.4 Å². The van der Waals surface area contributed by atoms with E-state index in [9.17, 15) is 4.79 Å². The summed E-state index contributed by atoms with van der Waals surface area (Å²) >= 11 is 0. The smallest absolute Gasteiger partial charge is 0.324 e. The Morgan fingerprint density at radius 2 is 1.84 bits per heavy atom. The monoisotopic (exact) mass is 420 g/mol. The first-order valence-electron chi connectivity index (χ1n) is 10.5. The number of piperidine rings is 1. The Morgan fingerprint density at radius 1 is 1.06 bits per heavy atom.